The van der Waals surface area contributed by atoms with Gasteiger partial charge in [-0.3, -0.25) is 0 Å². The summed E-state index contributed by atoms with van der Waals surface area (Å²) in [4.78, 5) is 1.77. The highest BCUT2D eigenvalue weighted by Crippen LogP contribution is 2.41. The van der Waals surface area contributed by atoms with E-state index in [9.17, 15) is 25.9 Å². The average molecular weight is 664 g/mol. The Morgan fingerprint density at radius 3 is 2.49 bits per heavy atom. The van der Waals surface area contributed by atoms with Gasteiger partial charge in [0.25, 0.3) is 5.52 Å². The molecule has 0 amide bonds. The lowest BCUT2D eigenvalue weighted by Crippen LogP contribution is -2.36. The number of fused-ring (bicyclic) bond motifs is 2. The minimum Gasteiger partial charge on any atom is -0.748 e. The second-order valence-electron chi connectivity index (χ2n) is 9.94. The van der Waals surface area contributed by atoms with Crippen molar-refractivity contribution in [3.8, 4) is 16.9 Å². The molecule has 228 valence electrons. The number of rotatable bonds is 12. The molecule has 0 bridgehead atoms. The summed E-state index contributed by atoms with van der Waals surface area (Å²) in [5.41, 5.74) is 4.80. The van der Waals surface area contributed by atoms with E-state index in [0.29, 0.717) is 40.2 Å². The maximum Gasteiger partial charge on any atom is 0.374 e. The topological polar surface area (TPSA) is 144 Å². The van der Waals surface area contributed by atoms with E-state index in [2.05, 4.69) is 0 Å². The van der Waals surface area contributed by atoms with Gasteiger partial charge in [-0.2, -0.15) is 15.9 Å². The molecule has 1 aliphatic rings. The van der Waals surface area contributed by atoms with Crippen LogP contribution in [-0.2, 0) is 26.8 Å². The van der Waals surface area contributed by atoms with E-state index in [0.717, 1.165) is 22.2 Å². The number of benzene rings is 2. The van der Waals surface area contributed by atoms with Crippen molar-refractivity contribution in [2.75, 3.05) is 23.0 Å². The molecule has 1 aliphatic heterocycles. The van der Waals surface area contributed by atoms with Crippen LogP contribution in [0.25, 0.3) is 28.3 Å². The predicted molar refractivity (Wildman–Crippen MR) is 164 cm³/mol. The molecule has 0 N–H and O–H groups in total. The second-order valence-corrected chi connectivity index (χ2v) is 14.2. The Balaban J connectivity index is 1.53. The third kappa shape index (κ3) is 7.85. The fourth-order valence-electron chi connectivity index (χ4n) is 4.82. The Kier molecular flexibility index (Phi) is 9.30. The average Bonchev–Trinajstić information content (AvgIpc) is 3.65. The van der Waals surface area contributed by atoms with E-state index < -0.39 is 31.7 Å². The van der Waals surface area contributed by atoms with E-state index in [1.165, 1.54) is 0 Å². The SMILES string of the molecule is CCC(/C=C1\Oc2ccc(Cl)cc2N1CCCS(=O)(=O)[O-])=C\c1oc2ccc(-c3ccsc3)cc2[n+]1CCCS(=O)(=O)[O-]. The van der Waals surface area contributed by atoms with Gasteiger partial charge in [-0.15, -0.1) is 0 Å². The standard InChI is InChI=1S/C29H29ClN2O8S3/c1-2-20(16-29-32(11-4-14-43(36,37)38)25-18-23(30)6-8-27(25)40-29)15-28-31(10-3-13-42(33,34)35)24-17-21(5-7-26(24)39-28)22-9-12-41-19-22/h5-9,12,15-19H,2-4,10-11,13-14H2,1H3,(H-,33,34,35,36,37,38)/p-1. The van der Waals surface area contributed by atoms with E-state index in [1.807, 2.05) is 52.6 Å². The number of aryl methyl sites for hydroxylation is 1. The van der Waals surface area contributed by atoms with Crippen molar-refractivity contribution in [3.63, 3.8) is 0 Å². The monoisotopic (exact) mass is 663 g/mol. The molecule has 43 heavy (non-hydrogen) atoms. The van der Waals surface area contributed by atoms with E-state index in [1.54, 1.807) is 40.5 Å². The number of thiophene rings is 1. The van der Waals surface area contributed by atoms with Crippen LogP contribution in [0.4, 0.5) is 5.69 Å². The molecule has 0 saturated carbocycles. The third-order valence-electron chi connectivity index (χ3n) is 6.86. The van der Waals surface area contributed by atoms with Crippen molar-refractivity contribution < 1.29 is 39.7 Å². The summed E-state index contributed by atoms with van der Waals surface area (Å²) in [5.74, 6) is 0.391. The molecule has 0 atom stereocenters. The first-order valence-electron chi connectivity index (χ1n) is 13.4. The first kappa shape index (κ1) is 31.2. The minimum atomic E-state index is -4.39. The Morgan fingerprint density at radius 2 is 1.79 bits per heavy atom. The van der Waals surface area contributed by atoms with Gasteiger partial charge in [-0.25, -0.2) is 16.8 Å². The van der Waals surface area contributed by atoms with Gasteiger partial charge in [0.05, 0.1) is 32.0 Å². The maximum atomic E-state index is 11.3. The quantitative estimate of drug-likeness (QED) is 0.142. The molecule has 0 aliphatic carbocycles. The first-order valence-corrected chi connectivity index (χ1v) is 17.9. The van der Waals surface area contributed by atoms with Crippen LogP contribution < -0.4 is 14.2 Å². The van der Waals surface area contributed by atoms with Crippen molar-refractivity contribution >= 4 is 66.0 Å². The summed E-state index contributed by atoms with van der Waals surface area (Å²) in [6, 6.07) is 12.9. The molecule has 2 aromatic carbocycles. The molecule has 3 heterocycles. The number of hydrogen-bond donors (Lipinski definition) is 0. The zero-order valence-corrected chi connectivity index (χ0v) is 26.3. The van der Waals surface area contributed by atoms with Gasteiger partial charge in [0, 0.05) is 41.6 Å². The molecule has 0 spiro atoms. The van der Waals surface area contributed by atoms with Crippen LogP contribution in [0.3, 0.4) is 0 Å². The van der Waals surface area contributed by atoms with Crippen LogP contribution in [0.15, 0.2) is 75.2 Å². The summed E-state index contributed by atoms with van der Waals surface area (Å²) in [5, 5.41) is 4.49. The van der Waals surface area contributed by atoms with Gasteiger partial charge in [-0.1, -0.05) is 24.6 Å². The second kappa shape index (κ2) is 12.8. The van der Waals surface area contributed by atoms with Crippen LogP contribution in [0.1, 0.15) is 32.1 Å². The molecule has 0 saturated heterocycles. The summed E-state index contributed by atoms with van der Waals surface area (Å²) in [6.07, 6.45) is 4.37. The Labute approximate surface area is 259 Å². The highest BCUT2D eigenvalue weighted by atomic mass is 35.5. The first-order chi connectivity index (χ1) is 20.4. The van der Waals surface area contributed by atoms with Crippen LogP contribution in [0.5, 0.6) is 5.75 Å². The maximum absolute atomic E-state index is 11.3. The Hall–Kier alpha value is -3.20. The fraction of sp³-hybridized carbons (Fsp3) is 0.276. The Morgan fingerprint density at radius 1 is 1.02 bits per heavy atom. The number of ether oxygens (including phenoxy) is 1. The molecule has 0 fully saturated rings. The minimum absolute atomic E-state index is 0.0856. The molecule has 10 nitrogen and oxygen atoms in total. The molecule has 2 aromatic heterocycles. The fourth-order valence-corrected chi connectivity index (χ4v) is 6.62. The van der Waals surface area contributed by atoms with E-state index in [4.69, 9.17) is 20.8 Å². The van der Waals surface area contributed by atoms with Crippen molar-refractivity contribution in [1.82, 2.24) is 0 Å². The van der Waals surface area contributed by atoms with Gasteiger partial charge >= 0.3 is 5.89 Å². The molecule has 0 unspecified atom stereocenters. The lowest BCUT2D eigenvalue weighted by Gasteiger charge is -2.19. The van der Waals surface area contributed by atoms with Crippen molar-refractivity contribution in [2.24, 2.45) is 0 Å². The summed E-state index contributed by atoms with van der Waals surface area (Å²) in [6.45, 7) is 2.39. The lowest BCUT2D eigenvalue weighted by atomic mass is 10.1. The number of halogens is 1. The zero-order chi connectivity index (χ0) is 30.8. The van der Waals surface area contributed by atoms with Gasteiger partial charge in [0.2, 0.25) is 11.5 Å². The van der Waals surface area contributed by atoms with Gasteiger partial charge in [0.15, 0.2) is 12.3 Å². The van der Waals surface area contributed by atoms with Gasteiger partial charge < -0.3 is 23.2 Å². The van der Waals surface area contributed by atoms with E-state index >= 15 is 0 Å². The van der Waals surface area contributed by atoms with Crippen molar-refractivity contribution in [2.45, 2.75) is 32.7 Å². The van der Waals surface area contributed by atoms with Gasteiger partial charge in [-0.05, 0) is 70.6 Å². The number of nitrogens with zero attached hydrogens (tertiary/aromatic N) is 2. The number of hydrogen-bond acceptors (Lipinski definition) is 10. The Bertz CT molecular complexity index is 1910. The number of aromatic nitrogens is 1. The highest BCUT2D eigenvalue weighted by molar-refractivity contribution is 7.85. The normalized spacial score (nSPS) is 14.9. The van der Waals surface area contributed by atoms with Crippen LogP contribution in [0.2, 0.25) is 5.02 Å². The molecule has 0 radical (unpaired) electrons. The lowest BCUT2D eigenvalue weighted by molar-refractivity contribution is -0.677. The summed E-state index contributed by atoms with van der Waals surface area (Å²) < 4.78 is 81.8. The van der Waals surface area contributed by atoms with Crippen molar-refractivity contribution in [1.29, 1.82) is 0 Å². The molecule has 5 rings (SSSR count). The molecule has 4 aromatic rings. The predicted octanol–water partition coefficient (Wildman–Crippen LogP) is 5.51. The largest absolute Gasteiger partial charge is 0.748 e. The molecular weight excluding hydrogens is 636 g/mol. The number of allylic oxidation sites excluding steroid dienone is 2. The summed E-state index contributed by atoms with van der Waals surface area (Å²) >= 11 is 7.80. The van der Waals surface area contributed by atoms with E-state index in [-0.39, 0.29) is 25.9 Å². The number of anilines is 1. The number of oxazole rings is 1. The highest BCUT2D eigenvalue weighted by Gasteiger charge is 2.28. The molecule has 14 heteroatoms. The zero-order valence-electron chi connectivity index (χ0n) is 23.1. The van der Waals surface area contributed by atoms with Crippen LogP contribution in [0, 0.1) is 0 Å². The van der Waals surface area contributed by atoms with Crippen LogP contribution >= 0.6 is 22.9 Å². The smallest absolute Gasteiger partial charge is 0.374 e. The summed E-state index contributed by atoms with van der Waals surface area (Å²) in [7, 11) is -8.77. The molecular formula is C29H28ClN2O8S3-. The van der Waals surface area contributed by atoms with Crippen LogP contribution in [-0.4, -0.2) is 44.0 Å². The third-order valence-corrected chi connectivity index (χ3v) is 9.35. The van der Waals surface area contributed by atoms with Crippen molar-refractivity contribution in [3.05, 3.63) is 81.7 Å². The van der Waals surface area contributed by atoms with Gasteiger partial charge in [0.1, 0.15) is 0 Å².